The first-order valence-electron chi connectivity index (χ1n) is 7.73. The molecule has 2 N–H and O–H groups in total. The molecule has 2 rings (SSSR count). The van der Waals surface area contributed by atoms with Gasteiger partial charge < -0.3 is 25.0 Å². The van der Waals surface area contributed by atoms with Crippen molar-refractivity contribution in [1.82, 2.24) is 14.7 Å². The Kier molecular flexibility index (Phi) is 11.5. The molecule has 0 radical (unpaired) electrons. The Morgan fingerprint density at radius 3 is 2.12 bits per heavy atom. The maximum atomic E-state index is 12.3. The van der Waals surface area contributed by atoms with Crippen LogP contribution in [0, 0.1) is 0 Å². The third kappa shape index (κ3) is 6.70. The van der Waals surface area contributed by atoms with E-state index in [0.717, 1.165) is 13.1 Å². The van der Waals surface area contributed by atoms with Crippen LogP contribution >= 0.6 is 24.8 Å². The van der Waals surface area contributed by atoms with Crippen molar-refractivity contribution in [1.29, 1.82) is 0 Å². The maximum absolute atomic E-state index is 12.3. The van der Waals surface area contributed by atoms with Gasteiger partial charge in [-0.1, -0.05) is 0 Å². The molecule has 1 atom stereocenters. The molecule has 0 aromatic rings. The second kappa shape index (κ2) is 11.8. The highest BCUT2D eigenvalue weighted by molar-refractivity contribution is 5.85. The van der Waals surface area contributed by atoms with Crippen LogP contribution in [0.2, 0.25) is 0 Å². The predicted molar refractivity (Wildman–Crippen MR) is 94.8 cm³/mol. The lowest BCUT2D eigenvalue weighted by molar-refractivity contribution is -0.142. The summed E-state index contributed by atoms with van der Waals surface area (Å²) in [5.74, 6) is 0.0114. The van der Waals surface area contributed by atoms with Gasteiger partial charge in [0.1, 0.15) is 6.04 Å². The summed E-state index contributed by atoms with van der Waals surface area (Å²) < 4.78 is 10.2. The number of nitrogens with two attached hydrogens (primary N) is 1. The molecule has 1 unspecified atom stereocenters. The van der Waals surface area contributed by atoms with E-state index in [4.69, 9.17) is 15.2 Å². The van der Waals surface area contributed by atoms with Crippen molar-refractivity contribution < 1.29 is 19.1 Å². The quantitative estimate of drug-likeness (QED) is 0.638. The Hall–Kier alpha value is -0.640. The van der Waals surface area contributed by atoms with Gasteiger partial charge in [0.25, 0.3) is 0 Å². The summed E-state index contributed by atoms with van der Waals surface area (Å²) in [4.78, 5) is 30.0. The first kappa shape index (κ1) is 23.4. The lowest BCUT2D eigenvalue weighted by atomic mass is 10.2. The first-order valence-corrected chi connectivity index (χ1v) is 7.73. The molecule has 2 amide bonds. The number of methoxy groups -OCH3 is 1. The number of halogens is 2. The highest BCUT2D eigenvalue weighted by Crippen LogP contribution is 2.06. The van der Waals surface area contributed by atoms with Crippen LogP contribution in [0.15, 0.2) is 0 Å². The average molecular weight is 387 g/mol. The van der Waals surface area contributed by atoms with Gasteiger partial charge in [0.15, 0.2) is 0 Å². The van der Waals surface area contributed by atoms with Gasteiger partial charge in [-0.05, 0) is 0 Å². The van der Waals surface area contributed by atoms with E-state index in [2.05, 4.69) is 4.90 Å². The Labute approximate surface area is 155 Å². The fourth-order valence-electron chi connectivity index (χ4n) is 2.71. The van der Waals surface area contributed by atoms with Gasteiger partial charge in [-0.25, -0.2) is 0 Å². The van der Waals surface area contributed by atoms with Crippen molar-refractivity contribution in [3.8, 4) is 0 Å². The van der Waals surface area contributed by atoms with Crippen LogP contribution in [0.5, 0.6) is 0 Å². The summed E-state index contributed by atoms with van der Waals surface area (Å²) in [6, 6.07) is -0.624. The van der Waals surface area contributed by atoms with Crippen molar-refractivity contribution in [2.24, 2.45) is 5.73 Å². The minimum Gasteiger partial charge on any atom is -0.383 e. The number of carbonyl (C=O) groups excluding carboxylic acids is 2. The van der Waals surface area contributed by atoms with E-state index in [9.17, 15) is 9.59 Å². The number of nitrogens with zero attached hydrogens (tertiary/aromatic N) is 3. The Morgan fingerprint density at radius 2 is 1.58 bits per heavy atom. The molecule has 0 aromatic carbocycles. The average Bonchev–Trinajstić information content (AvgIpc) is 2.55. The third-order valence-electron chi connectivity index (χ3n) is 4.07. The molecular weight excluding hydrogens is 359 g/mol. The van der Waals surface area contributed by atoms with Crippen LogP contribution in [0.25, 0.3) is 0 Å². The molecule has 10 heteroatoms. The van der Waals surface area contributed by atoms with Crippen LogP contribution in [0.3, 0.4) is 0 Å². The number of rotatable bonds is 5. The van der Waals surface area contributed by atoms with Crippen LogP contribution in [-0.2, 0) is 19.1 Å². The molecule has 2 aliphatic heterocycles. The zero-order chi connectivity index (χ0) is 15.9. The van der Waals surface area contributed by atoms with Gasteiger partial charge in [0.05, 0.1) is 26.4 Å². The molecule has 0 spiro atoms. The summed E-state index contributed by atoms with van der Waals surface area (Å²) in [6.45, 7) is 5.82. The smallest absolute Gasteiger partial charge is 0.241 e. The standard InChI is InChI=1S/C14H26N4O4.2ClH/c1-21-11-12(15)14(20)18-4-2-17(3-5-18)13(19)10-16-6-8-22-9-7-16;;/h12H,2-11,15H2,1H3;2*1H. The molecule has 0 bridgehead atoms. The molecule has 2 fully saturated rings. The molecule has 2 saturated heterocycles. The minimum absolute atomic E-state index is 0. The van der Waals surface area contributed by atoms with Gasteiger partial charge >= 0.3 is 0 Å². The molecule has 24 heavy (non-hydrogen) atoms. The van der Waals surface area contributed by atoms with Crippen LogP contribution in [0.1, 0.15) is 0 Å². The monoisotopic (exact) mass is 386 g/mol. The number of hydrogen-bond donors (Lipinski definition) is 1. The number of piperazine rings is 1. The number of hydrogen-bond acceptors (Lipinski definition) is 6. The van der Waals surface area contributed by atoms with E-state index in [1.165, 1.54) is 7.11 Å². The maximum Gasteiger partial charge on any atom is 0.241 e. The lowest BCUT2D eigenvalue weighted by Crippen LogP contribution is -2.56. The highest BCUT2D eigenvalue weighted by atomic mass is 35.5. The molecule has 8 nitrogen and oxygen atoms in total. The van der Waals surface area contributed by atoms with Crippen molar-refractivity contribution in [2.45, 2.75) is 6.04 Å². The van der Waals surface area contributed by atoms with Gasteiger partial charge in [0.2, 0.25) is 11.8 Å². The van der Waals surface area contributed by atoms with Crippen molar-refractivity contribution in [3.05, 3.63) is 0 Å². The SMILES string of the molecule is COCC(N)C(=O)N1CCN(C(=O)CN2CCOCC2)CC1.Cl.Cl. The Morgan fingerprint density at radius 1 is 1.04 bits per heavy atom. The Bertz CT molecular complexity index is 389. The van der Waals surface area contributed by atoms with E-state index in [0.29, 0.717) is 45.9 Å². The first-order chi connectivity index (χ1) is 10.6. The van der Waals surface area contributed by atoms with E-state index in [-0.39, 0.29) is 43.2 Å². The summed E-state index contributed by atoms with van der Waals surface area (Å²) in [5.41, 5.74) is 5.76. The summed E-state index contributed by atoms with van der Waals surface area (Å²) in [6.07, 6.45) is 0. The number of amides is 2. The fourth-order valence-corrected chi connectivity index (χ4v) is 2.71. The van der Waals surface area contributed by atoms with Gasteiger partial charge in [-0.2, -0.15) is 0 Å². The van der Waals surface area contributed by atoms with Crippen LogP contribution in [-0.4, -0.2) is 105 Å². The zero-order valence-electron chi connectivity index (χ0n) is 14.0. The molecule has 0 saturated carbocycles. The second-order valence-electron chi connectivity index (χ2n) is 5.66. The van der Waals surface area contributed by atoms with Crippen LogP contribution in [0.4, 0.5) is 0 Å². The molecule has 142 valence electrons. The van der Waals surface area contributed by atoms with Crippen molar-refractivity contribution in [3.63, 3.8) is 0 Å². The fraction of sp³-hybridized carbons (Fsp3) is 0.857. The number of ether oxygens (including phenoxy) is 2. The van der Waals surface area contributed by atoms with Crippen molar-refractivity contribution in [2.75, 3.05) is 72.7 Å². The van der Waals surface area contributed by atoms with Gasteiger partial charge in [0, 0.05) is 46.4 Å². The third-order valence-corrected chi connectivity index (χ3v) is 4.07. The molecule has 2 heterocycles. The largest absolute Gasteiger partial charge is 0.383 e. The Balaban J connectivity index is 0.00000264. The lowest BCUT2D eigenvalue weighted by Gasteiger charge is -2.37. The zero-order valence-corrected chi connectivity index (χ0v) is 15.6. The number of carbonyl (C=O) groups is 2. The van der Waals surface area contributed by atoms with Crippen LogP contribution < -0.4 is 5.73 Å². The van der Waals surface area contributed by atoms with Crippen molar-refractivity contribution >= 4 is 36.6 Å². The van der Waals surface area contributed by atoms with Gasteiger partial charge in [-0.15, -0.1) is 24.8 Å². The minimum atomic E-state index is -0.624. The molecular formula is C14H28Cl2N4O4. The van der Waals surface area contributed by atoms with Gasteiger partial charge in [-0.3, -0.25) is 14.5 Å². The topological polar surface area (TPSA) is 88.3 Å². The summed E-state index contributed by atoms with van der Waals surface area (Å²) in [7, 11) is 1.52. The summed E-state index contributed by atoms with van der Waals surface area (Å²) >= 11 is 0. The van der Waals surface area contributed by atoms with E-state index in [1.54, 1.807) is 4.90 Å². The van der Waals surface area contributed by atoms with E-state index in [1.807, 2.05) is 4.90 Å². The highest BCUT2D eigenvalue weighted by Gasteiger charge is 2.27. The molecule has 2 aliphatic rings. The summed E-state index contributed by atoms with van der Waals surface area (Å²) in [5, 5.41) is 0. The molecule has 0 aromatic heterocycles. The van der Waals surface area contributed by atoms with E-state index >= 15 is 0 Å². The second-order valence-corrected chi connectivity index (χ2v) is 5.66. The van der Waals surface area contributed by atoms with E-state index < -0.39 is 6.04 Å². The normalized spacial score (nSPS) is 19.9. The predicted octanol–water partition coefficient (Wildman–Crippen LogP) is -1.19. The molecule has 0 aliphatic carbocycles. The number of morpholine rings is 1.